The molecule has 0 aliphatic rings. The van der Waals surface area contributed by atoms with E-state index in [2.05, 4.69) is 53.9 Å². The molecule has 0 aromatic heterocycles. The summed E-state index contributed by atoms with van der Waals surface area (Å²) in [7, 11) is 4.18. The quantitative estimate of drug-likeness (QED) is 0.757. The first-order chi connectivity index (χ1) is 11.5. The topological polar surface area (TPSA) is 27.3 Å². The zero-order valence-corrected chi connectivity index (χ0v) is 15.9. The Kier molecular flexibility index (Phi) is 7.03. The number of aryl methyl sites for hydroxylation is 1. The molecule has 0 amide bonds. The minimum Gasteiger partial charge on any atom is -0.361 e. The molecule has 2 aromatic carbocycles. The van der Waals surface area contributed by atoms with Crippen molar-refractivity contribution in [1.29, 1.82) is 0 Å². The molecule has 2 aromatic rings. The van der Waals surface area contributed by atoms with Gasteiger partial charge >= 0.3 is 0 Å². The van der Waals surface area contributed by atoms with Crippen LogP contribution >= 0.6 is 23.8 Å². The summed E-state index contributed by atoms with van der Waals surface area (Å²) >= 11 is 11.5. The molecule has 0 saturated carbocycles. The van der Waals surface area contributed by atoms with Crippen molar-refractivity contribution in [2.75, 3.05) is 26.0 Å². The Morgan fingerprint density at radius 3 is 2.50 bits per heavy atom. The Morgan fingerprint density at radius 1 is 1.17 bits per heavy atom. The molecule has 5 heteroatoms. The second-order valence-electron chi connectivity index (χ2n) is 6.11. The van der Waals surface area contributed by atoms with Gasteiger partial charge in [0.25, 0.3) is 0 Å². The molecule has 2 N–H and O–H groups in total. The van der Waals surface area contributed by atoms with Gasteiger partial charge in [-0.2, -0.15) is 0 Å². The summed E-state index contributed by atoms with van der Waals surface area (Å²) in [5.74, 6) is 0. The fourth-order valence-electron chi connectivity index (χ4n) is 2.38. The van der Waals surface area contributed by atoms with Crippen molar-refractivity contribution < 1.29 is 0 Å². The van der Waals surface area contributed by atoms with Gasteiger partial charge in [-0.25, -0.2) is 0 Å². The predicted molar refractivity (Wildman–Crippen MR) is 108 cm³/mol. The zero-order chi connectivity index (χ0) is 17.5. The van der Waals surface area contributed by atoms with E-state index in [0.29, 0.717) is 11.2 Å². The first-order valence-electron chi connectivity index (χ1n) is 7.97. The van der Waals surface area contributed by atoms with Crippen molar-refractivity contribution in [1.82, 2.24) is 10.2 Å². The van der Waals surface area contributed by atoms with Crippen molar-refractivity contribution in [3.8, 4) is 0 Å². The monoisotopic (exact) mass is 361 g/mol. The maximum Gasteiger partial charge on any atom is 0.170 e. The fraction of sp³-hybridized carbons (Fsp3) is 0.316. The van der Waals surface area contributed by atoms with Crippen LogP contribution in [-0.2, 0) is 6.42 Å². The zero-order valence-electron chi connectivity index (χ0n) is 14.3. The minimum absolute atomic E-state index is 0.355. The molecular weight excluding hydrogens is 338 g/mol. The number of hydrogen-bond acceptors (Lipinski definition) is 2. The third-order valence-electron chi connectivity index (χ3n) is 3.97. The summed E-state index contributed by atoms with van der Waals surface area (Å²) in [5.41, 5.74) is 3.27. The number of rotatable bonds is 6. The van der Waals surface area contributed by atoms with E-state index >= 15 is 0 Å². The van der Waals surface area contributed by atoms with E-state index in [9.17, 15) is 0 Å². The van der Waals surface area contributed by atoms with Crippen LogP contribution in [0.25, 0.3) is 0 Å². The van der Waals surface area contributed by atoms with E-state index in [1.807, 2.05) is 31.2 Å². The third kappa shape index (κ3) is 5.78. The normalized spacial score (nSPS) is 12.0. The molecule has 3 nitrogen and oxygen atoms in total. The summed E-state index contributed by atoms with van der Waals surface area (Å²) in [6, 6.07) is 16.7. The van der Waals surface area contributed by atoms with E-state index in [1.165, 1.54) is 5.56 Å². The van der Waals surface area contributed by atoms with E-state index in [4.69, 9.17) is 23.8 Å². The fourth-order valence-corrected chi connectivity index (χ4v) is 2.76. The lowest BCUT2D eigenvalue weighted by molar-refractivity contribution is 0.291. The van der Waals surface area contributed by atoms with Crippen LogP contribution in [0.1, 0.15) is 11.1 Å². The van der Waals surface area contributed by atoms with Crippen LogP contribution in [0.4, 0.5) is 5.69 Å². The summed E-state index contributed by atoms with van der Waals surface area (Å²) in [4.78, 5) is 2.21. The molecule has 0 saturated heterocycles. The Balaban J connectivity index is 1.89. The molecule has 0 fully saturated rings. The van der Waals surface area contributed by atoms with Crippen molar-refractivity contribution in [2.45, 2.75) is 19.4 Å². The molecule has 128 valence electrons. The number of nitrogens with zero attached hydrogens (tertiary/aromatic N) is 1. The molecule has 2 rings (SSSR count). The van der Waals surface area contributed by atoms with E-state index in [-0.39, 0.29) is 0 Å². The van der Waals surface area contributed by atoms with Crippen LogP contribution in [0.15, 0.2) is 48.5 Å². The van der Waals surface area contributed by atoms with Crippen LogP contribution < -0.4 is 10.6 Å². The first kappa shape index (κ1) is 18.7. The number of anilines is 1. The maximum atomic E-state index is 6.15. The van der Waals surface area contributed by atoms with Crippen molar-refractivity contribution >= 4 is 34.6 Å². The molecule has 0 radical (unpaired) electrons. The van der Waals surface area contributed by atoms with Crippen LogP contribution in [0.2, 0.25) is 5.02 Å². The molecule has 0 bridgehead atoms. The van der Waals surface area contributed by atoms with Crippen LogP contribution in [0.3, 0.4) is 0 Å². The van der Waals surface area contributed by atoms with Crippen molar-refractivity contribution in [3.05, 3.63) is 64.7 Å². The van der Waals surface area contributed by atoms with E-state index < -0.39 is 0 Å². The van der Waals surface area contributed by atoms with Gasteiger partial charge in [0.1, 0.15) is 0 Å². The van der Waals surface area contributed by atoms with Gasteiger partial charge in [-0.3, -0.25) is 0 Å². The summed E-state index contributed by atoms with van der Waals surface area (Å²) in [6.45, 7) is 2.75. The number of likely N-dealkylation sites (N-methyl/N-ethyl adjacent to an activating group) is 1. The summed E-state index contributed by atoms with van der Waals surface area (Å²) < 4.78 is 0. The molecule has 0 heterocycles. The molecule has 0 unspecified atom stereocenters. The first-order valence-corrected chi connectivity index (χ1v) is 8.75. The minimum atomic E-state index is 0.355. The molecule has 1 atom stereocenters. The summed E-state index contributed by atoms with van der Waals surface area (Å²) in [5, 5.41) is 7.83. The maximum absolute atomic E-state index is 6.15. The largest absolute Gasteiger partial charge is 0.361 e. The van der Waals surface area contributed by atoms with Gasteiger partial charge in [0.2, 0.25) is 0 Å². The Hall–Kier alpha value is -1.62. The molecule has 0 aliphatic carbocycles. The average Bonchev–Trinajstić information content (AvgIpc) is 2.55. The highest BCUT2D eigenvalue weighted by molar-refractivity contribution is 7.80. The number of halogens is 1. The highest BCUT2D eigenvalue weighted by atomic mass is 35.5. The standard InChI is InChI=1S/C19H24ClN3S/c1-14-9-10-16(12-18(14)20)22-19(24)21-13-17(23(2)3)11-15-7-5-4-6-8-15/h4-10,12,17H,11,13H2,1-3H3,(H2,21,22,24)/t17-/m0/s1. The second kappa shape index (κ2) is 9.02. The number of thiocarbonyl (C=S) groups is 1. The Morgan fingerprint density at radius 2 is 1.88 bits per heavy atom. The SMILES string of the molecule is Cc1ccc(NC(=S)NC[C@H](Cc2ccccc2)N(C)C)cc1Cl. The van der Waals surface area contributed by atoms with Gasteiger partial charge in [-0.15, -0.1) is 0 Å². The van der Waals surface area contributed by atoms with Crippen LogP contribution in [-0.4, -0.2) is 36.7 Å². The van der Waals surface area contributed by atoms with Gasteiger partial charge in [0.15, 0.2) is 5.11 Å². The Bertz CT molecular complexity index is 674. The van der Waals surface area contributed by atoms with Crippen LogP contribution in [0, 0.1) is 6.92 Å². The lowest BCUT2D eigenvalue weighted by atomic mass is 10.1. The molecular formula is C19H24ClN3S. The van der Waals surface area contributed by atoms with Gasteiger partial charge in [-0.1, -0.05) is 48.0 Å². The summed E-state index contributed by atoms with van der Waals surface area (Å²) in [6.07, 6.45) is 0.972. The smallest absolute Gasteiger partial charge is 0.170 e. The molecule has 24 heavy (non-hydrogen) atoms. The predicted octanol–water partition coefficient (Wildman–Crippen LogP) is 4.11. The third-order valence-corrected chi connectivity index (χ3v) is 4.63. The van der Waals surface area contributed by atoms with Gasteiger partial charge in [0.05, 0.1) is 0 Å². The number of hydrogen-bond donors (Lipinski definition) is 2. The lowest BCUT2D eigenvalue weighted by Gasteiger charge is -2.25. The number of nitrogens with one attached hydrogen (secondary N) is 2. The lowest BCUT2D eigenvalue weighted by Crippen LogP contribution is -2.42. The highest BCUT2D eigenvalue weighted by Crippen LogP contribution is 2.19. The van der Waals surface area contributed by atoms with Crippen LogP contribution in [0.5, 0.6) is 0 Å². The van der Waals surface area contributed by atoms with Gasteiger partial charge in [-0.05, 0) is 62.9 Å². The van der Waals surface area contributed by atoms with Crippen molar-refractivity contribution in [3.63, 3.8) is 0 Å². The van der Waals surface area contributed by atoms with Gasteiger partial charge < -0.3 is 15.5 Å². The van der Waals surface area contributed by atoms with Crippen molar-refractivity contribution in [2.24, 2.45) is 0 Å². The number of benzene rings is 2. The van der Waals surface area contributed by atoms with E-state index in [1.54, 1.807) is 0 Å². The highest BCUT2D eigenvalue weighted by Gasteiger charge is 2.12. The van der Waals surface area contributed by atoms with Gasteiger partial charge in [0, 0.05) is 23.3 Å². The molecule has 0 aliphatic heterocycles. The Labute approximate surface area is 155 Å². The average molecular weight is 362 g/mol. The molecule has 0 spiro atoms. The van der Waals surface area contributed by atoms with E-state index in [0.717, 1.165) is 29.2 Å². The second-order valence-corrected chi connectivity index (χ2v) is 6.92.